The van der Waals surface area contributed by atoms with Gasteiger partial charge < -0.3 is 0 Å². The summed E-state index contributed by atoms with van der Waals surface area (Å²) in [5, 5.41) is -0.885. The van der Waals surface area contributed by atoms with E-state index in [2.05, 4.69) is 0 Å². The first-order valence-corrected chi connectivity index (χ1v) is 7.96. The second-order valence-corrected chi connectivity index (χ2v) is 8.15. The zero-order chi connectivity index (χ0) is 11.1. The van der Waals surface area contributed by atoms with Crippen LogP contribution in [0.15, 0.2) is 12.1 Å². The fraction of sp³-hybridized carbons (Fsp3) is 0.556. The van der Waals surface area contributed by atoms with Crippen LogP contribution in [-0.4, -0.2) is 19.4 Å². The smallest absolute Gasteiger partial charge is 0.154 e. The first-order chi connectivity index (χ1) is 7.00. The van der Waals surface area contributed by atoms with Gasteiger partial charge in [-0.1, -0.05) is 11.6 Å². The van der Waals surface area contributed by atoms with Gasteiger partial charge in [-0.3, -0.25) is 0 Å². The molecule has 2 heterocycles. The van der Waals surface area contributed by atoms with E-state index >= 15 is 0 Å². The van der Waals surface area contributed by atoms with Crippen LogP contribution in [0.1, 0.15) is 23.1 Å². The summed E-state index contributed by atoms with van der Waals surface area (Å²) in [6, 6.07) is 3.55. The Morgan fingerprint density at radius 3 is 2.67 bits per heavy atom. The maximum atomic E-state index is 11.7. The molecule has 1 saturated heterocycles. The lowest BCUT2D eigenvalue weighted by Gasteiger charge is -2.14. The molecule has 15 heavy (non-hydrogen) atoms. The van der Waals surface area contributed by atoms with Crippen LogP contribution >= 0.6 is 34.5 Å². The third-order valence-electron chi connectivity index (χ3n) is 2.57. The van der Waals surface area contributed by atoms with E-state index in [1.165, 1.54) is 11.3 Å². The van der Waals surface area contributed by atoms with E-state index in [4.69, 9.17) is 23.2 Å². The quantitative estimate of drug-likeness (QED) is 0.782. The molecule has 2 unspecified atom stereocenters. The second-order valence-electron chi connectivity index (χ2n) is 3.59. The van der Waals surface area contributed by atoms with Gasteiger partial charge in [0.25, 0.3) is 0 Å². The highest BCUT2D eigenvalue weighted by Gasteiger charge is 2.37. The largest absolute Gasteiger partial charge is 0.228 e. The van der Waals surface area contributed by atoms with Gasteiger partial charge >= 0.3 is 0 Å². The zero-order valence-electron chi connectivity index (χ0n) is 7.82. The van der Waals surface area contributed by atoms with Crippen LogP contribution in [0.5, 0.6) is 0 Å². The summed E-state index contributed by atoms with van der Waals surface area (Å²) in [6.07, 6.45) is 1.38. The van der Waals surface area contributed by atoms with E-state index in [1.807, 2.05) is 0 Å². The number of halogens is 2. The van der Waals surface area contributed by atoms with Crippen molar-refractivity contribution in [3.05, 3.63) is 21.3 Å². The Morgan fingerprint density at radius 1 is 1.47 bits per heavy atom. The van der Waals surface area contributed by atoms with Crippen molar-refractivity contribution < 1.29 is 8.42 Å². The van der Waals surface area contributed by atoms with Crippen LogP contribution in [0.3, 0.4) is 0 Å². The van der Waals surface area contributed by atoms with E-state index in [9.17, 15) is 8.42 Å². The summed E-state index contributed by atoms with van der Waals surface area (Å²) in [4.78, 5) is 0.845. The SMILES string of the molecule is O=S1(=O)CCCC1C(Cl)c1ccc(Cl)s1. The summed E-state index contributed by atoms with van der Waals surface area (Å²) < 4.78 is 24.0. The van der Waals surface area contributed by atoms with Crippen molar-refractivity contribution >= 4 is 44.4 Å². The van der Waals surface area contributed by atoms with Crippen LogP contribution in [0.2, 0.25) is 4.34 Å². The van der Waals surface area contributed by atoms with E-state index in [0.29, 0.717) is 10.8 Å². The molecule has 2 rings (SSSR count). The van der Waals surface area contributed by atoms with Gasteiger partial charge in [0.15, 0.2) is 9.84 Å². The topological polar surface area (TPSA) is 34.1 Å². The van der Waals surface area contributed by atoms with Crippen LogP contribution in [0.25, 0.3) is 0 Å². The monoisotopic (exact) mass is 284 g/mol. The first-order valence-electron chi connectivity index (χ1n) is 4.61. The lowest BCUT2D eigenvalue weighted by molar-refractivity contribution is 0.587. The summed E-state index contributed by atoms with van der Waals surface area (Å²) >= 11 is 13.3. The van der Waals surface area contributed by atoms with Gasteiger partial charge in [0.1, 0.15) is 0 Å². The van der Waals surface area contributed by atoms with Gasteiger partial charge in [-0.2, -0.15) is 0 Å². The Bertz CT molecular complexity index is 452. The maximum absolute atomic E-state index is 11.7. The molecule has 0 amide bonds. The van der Waals surface area contributed by atoms with Crippen molar-refractivity contribution in [2.75, 3.05) is 5.75 Å². The number of rotatable bonds is 2. The molecule has 0 spiro atoms. The Hall–Kier alpha value is 0.230. The maximum Gasteiger partial charge on any atom is 0.154 e. The molecule has 0 aromatic carbocycles. The molecule has 2 atom stereocenters. The molecule has 0 aliphatic carbocycles. The van der Waals surface area contributed by atoms with Gasteiger partial charge in [0.05, 0.1) is 20.7 Å². The number of thiophene rings is 1. The highest BCUT2D eigenvalue weighted by atomic mass is 35.5. The lowest BCUT2D eigenvalue weighted by Crippen LogP contribution is -2.20. The van der Waals surface area contributed by atoms with Crippen molar-refractivity contribution in [1.29, 1.82) is 0 Å². The molecular formula is C9H10Cl2O2S2. The molecule has 1 aliphatic heterocycles. The van der Waals surface area contributed by atoms with Gasteiger partial charge in [-0.25, -0.2) is 8.42 Å². The van der Waals surface area contributed by atoms with Crippen LogP contribution in [0, 0.1) is 0 Å². The Balaban J connectivity index is 2.25. The second kappa shape index (κ2) is 4.24. The predicted molar refractivity (Wildman–Crippen MR) is 64.7 cm³/mol. The molecule has 0 bridgehead atoms. The molecule has 84 valence electrons. The number of hydrogen-bond acceptors (Lipinski definition) is 3. The van der Waals surface area contributed by atoms with E-state index in [1.54, 1.807) is 12.1 Å². The van der Waals surface area contributed by atoms with Crippen molar-refractivity contribution in [1.82, 2.24) is 0 Å². The molecule has 1 aromatic rings. The lowest BCUT2D eigenvalue weighted by atomic mass is 10.2. The standard InChI is InChI=1S/C9H10Cl2O2S2/c10-8-4-3-6(14-8)9(11)7-2-1-5-15(7,12)13/h3-4,7,9H,1-2,5H2. The minimum atomic E-state index is -2.99. The Morgan fingerprint density at radius 2 is 2.20 bits per heavy atom. The van der Waals surface area contributed by atoms with E-state index in [-0.39, 0.29) is 5.75 Å². The molecule has 1 aliphatic rings. The molecule has 2 nitrogen and oxygen atoms in total. The molecule has 0 saturated carbocycles. The molecular weight excluding hydrogens is 275 g/mol. The van der Waals surface area contributed by atoms with Crippen molar-refractivity contribution in [3.8, 4) is 0 Å². The third kappa shape index (κ3) is 2.33. The zero-order valence-corrected chi connectivity index (χ0v) is 11.0. The molecule has 6 heteroatoms. The fourth-order valence-corrected chi connectivity index (χ4v) is 5.71. The summed E-state index contributed by atoms with van der Waals surface area (Å²) in [5.74, 6) is 0.264. The summed E-state index contributed by atoms with van der Waals surface area (Å²) in [7, 11) is -2.99. The highest BCUT2D eigenvalue weighted by molar-refractivity contribution is 7.92. The van der Waals surface area contributed by atoms with E-state index < -0.39 is 20.5 Å². The van der Waals surface area contributed by atoms with Gasteiger partial charge in [-0.05, 0) is 25.0 Å². The van der Waals surface area contributed by atoms with Crippen LogP contribution in [-0.2, 0) is 9.84 Å². The molecule has 0 radical (unpaired) electrons. The predicted octanol–water partition coefficient (Wildman–Crippen LogP) is 3.26. The molecule has 0 N–H and O–H groups in total. The van der Waals surface area contributed by atoms with Crippen LogP contribution < -0.4 is 0 Å². The van der Waals surface area contributed by atoms with Crippen molar-refractivity contribution in [2.45, 2.75) is 23.5 Å². The summed E-state index contributed by atoms with van der Waals surface area (Å²) in [5.41, 5.74) is 0. The van der Waals surface area contributed by atoms with Crippen LogP contribution in [0.4, 0.5) is 0 Å². The molecule has 1 fully saturated rings. The van der Waals surface area contributed by atoms with Gasteiger partial charge in [0, 0.05) is 4.88 Å². The number of alkyl halides is 1. The van der Waals surface area contributed by atoms with Crippen molar-refractivity contribution in [2.24, 2.45) is 0 Å². The minimum Gasteiger partial charge on any atom is -0.228 e. The van der Waals surface area contributed by atoms with Crippen molar-refractivity contribution in [3.63, 3.8) is 0 Å². The first kappa shape index (κ1) is 11.7. The van der Waals surface area contributed by atoms with E-state index in [0.717, 1.165) is 11.3 Å². The number of hydrogen-bond donors (Lipinski definition) is 0. The molecule has 1 aromatic heterocycles. The minimum absolute atomic E-state index is 0.264. The Labute approximate surface area is 103 Å². The fourth-order valence-electron chi connectivity index (χ4n) is 1.80. The Kier molecular flexibility index (Phi) is 3.31. The average Bonchev–Trinajstić information content (AvgIpc) is 2.70. The number of sulfone groups is 1. The normalized spacial score (nSPS) is 26.7. The average molecular weight is 285 g/mol. The third-order valence-corrected chi connectivity index (χ3v) is 6.99. The van der Waals surface area contributed by atoms with Gasteiger partial charge in [-0.15, -0.1) is 22.9 Å². The van der Waals surface area contributed by atoms with Gasteiger partial charge in [0.2, 0.25) is 0 Å². The summed E-state index contributed by atoms with van der Waals surface area (Å²) in [6.45, 7) is 0. The highest BCUT2D eigenvalue weighted by Crippen LogP contribution is 2.39.